The number of benzene rings is 4. The quantitative estimate of drug-likeness (QED) is 0.0774. The molecule has 1 N–H and O–H groups in total. The number of ether oxygens (including phenoxy) is 2. The Morgan fingerprint density at radius 3 is 2.30 bits per heavy atom. The normalized spacial score (nSPS) is 16.6. The smallest absolute Gasteiger partial charge is 0.314 e. The number of esters is 2. The molecule has 4 aromatic carbocycles. The molecule has 1 saturated heterocycles. The Bertz CT molecular complexity index is 2170. The van der Waals surface area contributed by atoms with Crippen molar-refractivity contribution in [2.45, 2.75) is 70.7 Å². The number of hydrogen-bond donors (Lipinski definition) is 1. The van der Waals surface area contributed by atoms with Crippen LogP contribution in [0.4, 0.5) is 11.4 Å². The van der Waals surface area contributed by atoms with Gasteiger partial charge in [-0.1, -0.05) is 66.7 Å². The van der Waals surface area contributed by atoms with Gasteiger partial charge < -0.3 is 24.1 Å². The Kier molecular flexibility index (Phi) is 10.9. The van der Waals surface area contributed by atoms with Crippen LogP contribution in [-0.2, 0) is 36.8 Å². The van der Waals surface area contributed by atoms with Crippen molar-refractivity contribution in [3.63, 3.8) is 0 Å². The van der Waals surface area contributed by atoms with Gasteiger partial charge in [-0.3, -0.25) is 29.3 Å². The van der Waals surface area contributed by atoms with E-state index in [0.717, 1.165) is 16.3 Å². The van der Waals surface area contributed by atoms with Crippen LogP contribution in [0.5, 0.6) is 0 Å². The summed E-state index contributed by atoms with van der Waals surface area (Å²) >= 11 is 0. The van der Waals surface area contributed by atoms with Gasteiger partial charge in [0.2, 0.25) is 0 Å². The van der Waals surface area contributed by atoms with Crippen molar-refractivity contribution in [1.82, 2.24) is 4.90 Å². The number of carbonyl (C=O) groups is 4. The molecule has 1 aromatic heterocycles. The van der Waals surface area contributed by atoms with Crippen molar-refractivity contribution in [3.05, 3.63) is 142 Å². The summed E-state index contributed by atoms with van der Waals surface area (Å²) in [6.07, 6.45) is -1.57. The fraction of sp³-hybridized carbons (Fsp3) is 0.286. The first-order chi connectivity index (χ1) is 25.8. The number of amides is 2. The Hall–Kier alpha value is -6.30. The third-order valence-corrected chi connectivity index (χ3v) is 9.36. The zero-order valence-electron chi connectivity index (χ0n) is 30.4. The molecular weight excluding hydrogens is 690 g/mol. The lowest BCUT2D eigenvalue weighted by Crippen LogP contribution is -2.49. The molecule has 4 unspecified atom stereocenters. The summed E-state index contributed by atoms with van der Waals surface area (Å²) in [6.45, 7) is 7.01. The molecule has 12 nitrogen and oxygen atoms in total. The van der Waals surface area contributed by atoms with Gasteiger partial charge in [0.25, 0.3) is 17.5 Å². The Labute approximate surface area is 312 Å². The molecule has 4 atom stereocenters. The van der Waals surface area contributed by atoms with Crippen LogP contribution in [0, 0.1) is 16.0 Å². The van der Waals surface area contributed by atoms with Gasteiger partial charge >= 0.3 is 11.9 Å². The maximum absolute atomic E-state index is 14.8. The molecule has 6 rings (SSSR count). The van der Waals surface area contributed by atoms with Gasteiger partial charge in [-0.15, -0.1) is 0 Å². The van der Waals surface area contributed by atoms with E-state index in [1.54, 1.807) is 74.2 Å². The predicted octanol–water partition coefficient (Wildman–Crippen LogP) is 7.61. The van der Waals surface area contributed by atoms with Crippen LogP contribution in [0.15, 0.2) is 114 Å². The average molecular weight is 732 g/mol. The average Bonchev–Trinajstić information content (AvgIpc) is 3.79. The van der Waals surface area contributed by atoms with Gasteiger partial charge in [0, 0.05) is 42.7 Å². The van der Waals surface area contributed by atoms with Crippen molar-refractivity contribution < 1.29 is 38.0 Å². The number of carbonyl (C=O) groups excluding carboxylic acids is 4. The summed E-state index contributed by atoms with van der Waals surface area (Å²) in [5, 5.41) is 16.3. The van der Waals surface area contributed by atoms with E-state index in [-0.39, 0.29) is 30.8 Å². The van der Waals surface area contributed by atoms with E-state index >= 15 is 0 Å². The lowest BCUT2D eigenvalue weighted by Gasteiger charge is -2.37. The molecule has 0 saturated carbocycles. The summed E-state index contributed by atoms with van der Waals surface area (Å²) in [5.74, 6) is -3.65. The topological polar surface area (TPSA) is 158 Å². The third kappa shape index (κ3) is 8.83. The summed E-state index contributed by atoms with van der Waals surface area (Å²) in [4.78, 5) is 66.5. The van der Waals surface area contributed by atoms with Crippen LogP contribution in [0.25, 0.3) is 10.8 Å². The number of nitrogens with one attached hydrogen (secondary N) is 1. The number of nitrogens with zero attached hydrogens (tertiary/aromatic N) is 2. The number of para-hydroxylation sites is 1. The van der Waals surface area contributed by atoms with Crippen LogP contribution in [-0.4, -0.2) is 51.3 Å². The highest BCUT2D eigenvalue weighted by Crippen LogP contribution is 2.34. The number of cyclic esters (lactones) is 1. The van der Waals surface area contributed by atoms with Crippen LogP contribution < -0.4 is 5.32 Å². The molecule has 0 spiro atoms. The molecule has 1 fully saturated rings. The first-order valence-corrected chi connectivity index (χ1v) is 17.7. The Morgan fingerprint density at radius 2 is 1.61 bits per heavy atom. The van der Waals surface area contributed by atoms with Gasteiger partial charge in [-0.2, -0.15) is 0 Å². The van der Waals surface area contributed by atoms with Crippen LogP contribution in [0.2, 0.25) is 0 Å². The van der Waals surface area contributed by atoms with Gasteiger partial charge in [0.05, 0.1) is 11.3 Å². The van der Waals surface area contributed by atoms with E-state index < -0.39 is 58.3 Å². The first-order valence-electron chi connectivity index (χ1n) is 17.7. The van der Waals surface area contributed by atoms with Gasteiger partial charge in [-0.05, 0) is 79.9 Å². The van der Waals surface area contributed by atoms with Crippen LogP contribution in [0.3, 0.4) is 0 Å². The fourth-order valence-electron chi connectivity index (χ4n) is 6.65. The second kappa shape index (κ2) is 15.7. The van der Waals surface area contributed by atoms with Crippen molar-refractivity contribution >= 4 is 45.9 Å². The van der Waals surface area contributed by atoms with E-state index in [1.165, 1.54) is 12.1 Å². The van der Waals surface area contributed by atoms with Gasteiger partial charge in [0.1, 0.15) is 17.3 Å². The first kappa shape index (κ1) is 37.5. The maximum Gasteiger partial charge on any atom is 0.314 e. The molecule has 5 aromatic rings. The molecule has 278 valence electrons. The fourth-order valence-corrected chi connectivity index (χ4v) is 6.65. The lowest BCUT2D eigenvalue weighted by atomic mass is 9.86. The van der Waals surface area contributed by atoms with Crippen molar-refractivity contribution in [1.29, 1.82) is 0 Å². The molecule has 1 aliphatic rings. The number of nitro groups is 1. The molecule has 0 bridgehead atoms. The maximum atomic E-state index is 14.8. The zero-order valence-corrected chi connectivity index (χ0v) is 30.4. The highest BCUT2D eigenvalue weighted by Gasteiger charge is 2.49. The molecule has 54 heavy (non-hydrogen) atoms. The molecule has 2 heterocycles. The Balaban J connectivity index is 1.37. The second-order valence-electron chi connectivity index (χ2n) is 14.4. The summed E-state index contributed by atoms with van der Waals surface area (Å²) in [6, 6.07) is 31.2. The van der Waals surface area contributed by atoms with Crippen molar-refractivity contribution in [2.75, 3.05) is 5.32 Å². The number of fused-ring (bicyclic) bond motifs is 1. The van der Waals surface area contributed by atoms with Gasteiger partial charge in [0.15, 0.2) is 11.9 Å². The minimum absolute atomic E-state index is 0.0751. The Morgan fingerprint density at radius 1 is 0.926 bits per heavy atom. The van der Waals surface area contributed by atoms with Crippen LogP contribution in [0.1, 0.15) is 67.5 Å². The monoisotopic (exact) mass is 731 g/mol. The minimum atomic E-state index is -1.44. The molecule has 0 radical (unpaired) electrons. The second-order valence-corrected chi connectivity index (χ2v) is 14.4. The molecular formula is C42H41N3O9. The SMILES string of the molecule is CC(C(Cc1ccc(C(=O)Nc2ccccc2)o1)c1ccc([N+](=O)[O-])cc1)N(Cc1ccc2ccccc2c1)C(=O)C1OC(=O)CC1C(=O)OC(C)(C)C. The largest absolute Gasteiger partial charge is 0.460 e. The van der Waals surface area contributed by atoms with Gasteiger partial charge in [-0.25, -0.2) is 0 Å². The van der Waals surface area contributed by atoms with Crippen LogP contribution >= 0.6 is 0 Å². The lowest BCUT2D eigenvalue weighted by molar-refractivity contribution is -0.384. The van der Waals surface area contributed by atoms with E-state index in [4.69, 9.17) is 13.9 Å². The zero-order chi connectivity index (χ0) is 38.6. The number of nitro benzene ring substituents is 1. The minimum Gasteiger partial charge on any atom is -0.460 e. The molecule has 0 aliphatic carbocycles. The predicted molar refractivity (Wildman–Crippen MR) is 200 cm³/mol. The number of hydrogen-bond acceptors (Lipinski definition) is 9. The van der Waals surface area contributed by atoms with Crippen molar-refractivity contribution in [3.8, 4) is 0 Å². The van der Waals surface area contributed by atoms with E-state index in [2.05, 4.69) is 5.32 Å². The standard InChI is InChI=1S/C42H41N3O9/c1-26(34(29-16-18-32(19-17-29)45(50)51)23-33-20-21-36(52-33)39(47)43-31-12-6-5-7-13-31)44(25-27-14-15-28-10-8-9-11-30(28)22-27)40(48)38-35(24-37(46)53-38)41(49)54-42(2,3)4/h5-22,26,34-35,38H,23-25H2,1-4H3,(H,43,47). The summed E-state index contributed by atoms with van der Waals surface area (Å²) < 4.78 is 17.2. The number of anilines is 1. The summed E-state index contributed by atoms with van der Waals surface area (Å²) in [5.41, 5.74) is 1.06. The molecule has 12 heteroatoms. The van der Waals surface area contributed by atoms with E-state index in [0.29, 0.717) is 17.0 Å². The number of non-ortho nitro benzene ring substituents is 1. The van der Waals surface area contributed by atoms with E-state index in [9.17, 15) is 29.3 Å². The third-order valence-electron chi connectivity index (χ3n) is 9.36. The van der Waals surface area contributed by atoms with Crippen molar-refractivity contribution in [2.24, 2.45) is 5.92 Å². The highest BCUT2D eigenvalue weighted by molar-refractivity contribution is 6.02. The summed E-state index contributed by atoms with van der Waals surface area (Å²) in [7, 11) is 0. The highest BCUT2D eigenvalue weighted by atomic mass is 16.6. The number of furan rings is 1. The number of rotatable bonds is 12. The van der Waals surface area contributed by atoms with E-state index in [1.807, 2.05) is 55.5 Å². The molecule has 2 amide bonds. The molecule has 1 aliphatic heterocycles.